The molecule has 1 rings (SSSR count). The van der Waals surface area contributed by atoms with Crippen molar-refractivity contribution in [2.75, 3.05) is 6.61 Å². The summed E-state index contributed by atoms with van der Waals surface area (Å²) in [7, 11) is 0. The van der Waals surface area contributed by atoms with Crippen molar-refractivity contribution in [1.29, 1.82) is 0 Å². The van der Waals surface area contributed by atoms with Crippen LogP contribution in [0.1, 0.15) is 23.7 Å². The third-order valence-corrected chi connectivity index (χ3v) is 2.16. The van der Waals surface area contributed by atoms with Crippen molar-refractivity contribution in [3.05, 3.63) is 35.4 Å². The molecule has 0 aromatic heterocycles. The number of aliphatic hydroxyl groups is 2. The predicted molar refractivity (Wildman–Crippen MR) is 54.4 cm³/mol. The maximum Gasteiger partial charge on any atom is 0.303 e. The topological polar surface area (TPSA) is 77.8 Å². The molecular weight excluding hydrogens is 196 g/mol. The third kappa shape index (κ3) is 3.69. The lowest BCUT2D eigenvalue weighted by Crippen LogP contribution is -2.02. The van der Waals surface area contributed by atoms with Crippen LogP contribution in [0.4, 0.5) is 0 Å². The van der Waals surface area contributed by atoms with E-state index >= 15 is 0 Å². The molecule has 1 aromatic carbocycles. The molecule has 82 valence electrons. The predicted octanol–water partition coefficient (Wildman–Crippen LogP) is 0.730. The van der Waals surface area contributed by atoms with Crippen LogP contribution in [0.25, 0.3) is 0 Å². The van der Waals surface area contributed by atoms with E-state index in [1.54, 1.807) is 24.3 Å². The largest absolute Gasteiger partial charge is 0.481 e. The number of carbonyl (C=O) groups is 1. The highest BCUT2D eigenvalue weighted by molar-refractivity contribution is 5.67. The molecule has 1 aromatic rings. The summed E-state index contributed by atoms with van der Waals surface area (Å²) in [6.07, 6.45) is -0.286. The van der Waals surface area contributed by atoms with Crippen LogP contribution in [-0.2, 0) is 11.2 Å². The molecule has 1 atom stereocenters. The second-order valence-corrected chi connectivity index (χ2v) is 3.33. The zero-order chi connectivity index (χ0) is 11.3. The molecule has 0 fully saturated rings. The zero-order valence-corrected chi connectivity index (χ0v) is 8.26. The van der Waals surface area contributed by atoms with E-state index in [1.165, 1.54) is 0 Å². The molecule has 0 saturated heterocycles. The lowest BCUT2D eigenvalue weighted by atomic mass is 10.0. The molecule has 0 saturated carbocycles. The number of aliphatic carboxylic acids is 1. The standard InChI is InChI=1S/C11H14O4/c12-7-10(13)9-4-1-8(2-5-9)3-6-11(14)15/h1-2,4-5,10,12-13H,3,6-7H2,(H,14,15). The summed E-state index contributed by atoms with van der Waals surface area (Å²) in [6, 6.07) is 6.91. The van der Waals surface area contributed by atoms with Crippen molar-refractivity contribution in [1.82, 2.24) is 0 Å². The van der Waals surface area contributed by atoms with Crippen LogP contribution < -0.4 is 0 Å². The lowest BCUT2D eigenvalue weighted by Gasteiger charge is -2.07. The van der Waals surface area contributed by atoms with Crippen molar-refractivity contribution in [3.8, 4) is 0 Å². The van der Waals surface area contributed by atoms with Crippen LogP contribution in [0, 0.1) is 0 Å². The quantitative estimate of drug-likeness (QED) is 0.669. The van der Waals surface area contributed by atoms with Gasteiger partial charge in [0.2, 0.25) is 0 Å². The number of aryl methyl sites for hydroxylation is 1. The molecule has 0 amide bonds. The summed E-state index contributed by atoms with van der Waals surface area (Å²) in [5.74, 6) is -0.825. The molecule has 0 heterocycles. The maximum absolute atomic E-state index is 10.3. The van der Waals surface area contributed by atoms with Crippen molar-refractivity contribution in [2.24, 2.45) is 0 Å². The minimum atomic E-state index is -0.862. The van der Waals surface area contributed by atoms with Gasteiger partial charge in [0, 0.05) is 6.42 Å². The van der Waals surface area contributed by atoms with E-state index in [4.69, 9.17) is 10.2 Å². The Morgan fingerprint density at radius 2 is 1.87 bits per heavy atom. The van der Waals surface area contributed by atoms with Gasteiger partial charge in [-0.25, -0.2) is 0 Å². The van der Waals surface area contributed by atoms with Gasteiger partial charge in [0.1, 0.15) is 6.10 Å². The molecule has 0 bridgehead atoms. The fraction of sp³-hybridized carbons (Fsp3) is 0.364. The van der Waals surface area contributed by atoms with Gasteiger partial charge in [0.05, 0.1) is 6.61 Å². The summed E-state index contributed by atoms with van der Waals surface area (Å²) in [5.41, 5.74) is 1.54. The Bertz CT molecular complexity index is 318. The van der Waals surface area contributed by atoms with Gasteiger partial charge in [-0.2, -0.15) is 0 Å². The molecule has 4 nitrogen and oxygen atoms in total. The maximum atomic E-state index is 10.3. The average Bonchev–Trinajstić information content (AvgIpc) is 2.26. The van der Waals surface area contributed by atoms with E-state index in [-0.39, 0.29) is 13.0 Å². The molecule has 0 spiro atoms. The number of aliphatic hydroxyl groups excluding tert-OH is 2. The number of carboxylic acid groups (broad SMARTS) is 1. The SMILES string of the molecule is O=C(O)CCc1ccc(C(O)CO)cc1. The van der Waals surface area contributed by atoms with Gasteiger partial charge in [-0.05, 0) is 17.5 Å². The Kier molecular flexibility index (Phi) is 4.27. The Hall–Kier alpha value is -1.39. The highest BCUT2D eigenvalue weighted by Gasteiger charge is 2.05. The van der Waals surface area contributed by atoms with Gasteiger partial charge in [-0.3, -0.25) is 4.79 Å². The first-order valence-electron chi connectivity index (χ1n) is 4.73. The van der Waals surface area contributed by atoms with Crippen molar-refractivity contribution < 1.29 is 20.1 Å². The summed E-state index contributed by atoms with van der Waals surface area (Å²) in [5, 5.41) is 26.5. The highest BCUT2D eigenvalue weighted by atomic mass is 16.4. The first-order valence-corrected chi connectivity index (χ1v) is 4.73. The minimum absolute atomic E-state index is 0.0991. The monoisotopic (exact) mass is 210 g/mol. The molecule has 0 radical (unpaired) electrons. The number of rotatable bonds is 5. The van der Waals surface area contributed by atoms with Gasteiger partial charge in [0.25, 0.3) is 0 Å². The van der Waals surface area contributed by atoms with Gasteiger partial charge >= 0.3 is 5.97 Å². The fourth-order valence-electron chi connectivity index (χ4n) is 1.26. The average molecular weight is 210 g/mol. The molecular formula is C11H14O4. The summed E-state index contributed by atoms with van der Waals surface area (Å²) in [6.45, 7) is -0.311. The van der Waals surface area contributed by atoms with E-state index in [0.29, 0.717) is 12.0 Å². The van der Waals surface area contributed by atoms with E-state index < -0.39 is 12.1 Å². The first-order chi connectivity index (χ1) is 7.13. The van der Waals surface area contributed by atoms with E-state index in [0.717, 1.165) is 5.56 Å². The molecule has 4 heteroatoms. The smallest absolute Gasteiger partial charge is 0.303 e. The summed E-state index contributed by atoms with van der Waals surface area (Å²) < 4.78 is 0. The zero-order valence-electron chi connectivity index (χ0n) is 8.26. The van der Waals surface area contributed by atoms with E-state index in [2.05, 4.69) is 0 Å². The van der Waals surface area contributed by atoms with Crippen LogP contribution >= 0.6 is 0 Å². The Morgan fingerprint density at radius 1 is 1.27 bits per heavy atom. The van der Waals surface area contributed by atoms with Crippen molar-refractivity contribution in [2.45, 2.75) is 18.9 Å². The normalized spacial score (nSPS) is 12.4. The molecule has 0 aliphatic rings. The molecule has 0 aliphatic heterocycles. The third-order valence-electron chi connectivity index (χ3n) is 2.16. The van der Waals surface area contributed by atoms with E-state index in [1.807, 2.05) is 0 Å². The molecule has 1 unspecified atom stereocenters. The summed E-state index contributed by atoms with van der Waals surface area (Å²) >= 11 is 0. The van der Waals surface area contributed by atoms with Gasteiger partial charge in [0.15, 0.2) is 0 Å². The Labute approximate surface area is 87.8 Å². The van der Waals surface area contributed by atoms with E-state index in [9.17, 15) is 9.90 Å². The number of benzene rings is 1. The van der Waals surface area contributed by atoms with Crippen LogP contribution in [0.3, 0.4) is 0 Å². The number of carboxylic acids is 1. The highest BCUT2D eigenvalue weighted by Crippen LogP contribution is 2.13. The lowest BCUT2D eigenvalue weighted by molar-refractivity contribution is -0.136. The second kappa shape index (κ2) is 5.48. The van der Waals surface area contributed by atoms with Crippen molar-refractivity contribution >= 4 is 5.97 Å². The van der Waals surface area contributed by atoms with Crippen LogP contribution in [0.15, 0.2) is 24.3 Å². The minimum Gasteiger partial charge on any atom is -0.481 e. The second-order valence-electron chi connectivity index (χ2n) is 3.33. The van der Waals surface area contributed by atoms with Crippen LogP contribution in [-0.4, -0.2) is 27.9 Å². The van der Waals surface area contributed by atoms with Crippen LogP contribution in [0.5, 0.6) is 0 Å². The Morgan fingerprint density at radius 3 is 2.33 bits per heavy atom. The molecule has 3 N–H and O–H groups in total. The van der Waals surface area contributed by atoms with Crippen LogP contribution in [0.2, 0.25) is 0 Å². The fourth-order valence-corrected chi connectivity index (χ4v) is 1.26. The van der Waals surface area contributed by atoms with Crippen molar-refractivity contribution in [3.63, 3.8) is 0 Å². The number of hydrogen-bond acceptors (Lipinski definition) is 3. The van der Waals surface area contributed by atoms with Gasteiger partial charge in [-0.15, -0.1) is 0 Å². The molecule has 0 aliphatic carbocycles. The Balaban J connectivity index is 2.60. The van der Waals surface area contributed by atoms with Gasteiger partial charge < -0.3 is 15.3 Å². The first kappa shape index (κ1) is 11.7. The number of hydrogen-bond donors (Lipinski definition) is 3. The van der Waals surface area contributed by atoms with Gasteiger partial charge in [-0.1, -0.05) is 24.3 Å². The molecule has 15 heavy (non-hydrogen) atoms. The summed E-state index contributed by atoms with van der Waals surface area (Å²) in [4.78, 5) is 10.3.